The van der Waals surface area contributed by atoms with E-state index in [9.17, 15) is 4.79 Å². The molecule has 0 N–H and O–H groups in total. The first kappa shape index (κ1) is 17.7. The van der Waals surface area contributed by atoms with Crippen LogP contribution in [0.25, 0.3) is 0 Å². The van der Waals surface area contributed by atoms with Crippen molar-refractivity contribution in [3.8, 4) is 0 Å². The highest BCUT2D eigenvalue weighted by Gasteiger charge is 2.28. The maximum Gasteiger partial charge on any atom is 0.226 e. The van der Waals surface area contributed by atoms with E-state index in [2.05, 4.69) is 47.3 Å². The quantitative estimate of drug-likeness (QED) is 0.812. The molecule has 0 aliphatic carbocycles. The van der Waals surface area contributed by atoms with Crippen LogP contribution in [0.1, 0.15) is 30.9 Å². The van der Waals surface area contributed by atoms with E-state index in [1.807, 2.05) is 24.3 Å². The first-order valence-electron chi connectivity index (χ1n) is 9.18. The molecular weight excluding hydrogens is 312 g/mol. The number of piperidine rings is 1. The molecular formula is C20H28N4O. The van der Waals surface area contributed by atoms with Gasteiger partial charge in [0.25, 0.3) is 0 Å². The van der Waals surface area contributed by atoms with Crippen molar-refractivity contribution in [3.05, 3.63) is 53.9 Å². The molecule has 0 saturated carbocycles. The summed E-state index contributed by atoms with van der Waals surface area (Å²) in [5, 5.41) is 4.20. The van der Waals surface area contributed by atoms with Gasteiger partial charge in [0.2, 0.25) is 5.91 Å². The molecule has 1 aliphatic rings. The molecule has 25 heavy (non-hydrogen) atoms. The molecule has 1 aromatic carbocycles. The summed E-state index contributed by atoms with van der Waals surface area (Å²) in [6.07, 6.45) is 5.74. The van der Waals surface area contributed by atoms with Gasteiger partial charge in [-0.3, -0.25) is 14.4 Å². The lowest BCUT2D eigenvalue weighted by atomic mass is 9.94. The number of aryl methyl sites for hydroxylation is 1. The molecule has 1 saturated heterocycles. The maximum atomic E-state index is 12.9. The van der Waals surface area contributed by atoms with Crippen molar-refractivity contribution < 1.29 is 4.79 Å². The Morgan fingerprint density at radius 3 is 2.52 bits per heavy atom. The van der Waals surface area contributed by atoms with E-state index in [1.165, 1.54) is 5.56 Å². The molecule has 1 fully saturated rings. The van der Waals surface area contributed by atoms with Crippen molar-refractivity contribution in [3.63, 3.8) is 0 Å². The van der Waals surface area contributed by atoms with Gasteiger partial charge in [-0.25, -0.2) is 0 Å². The Labute approximate surface area is 150 Å². The minimum absolute atomic E-state index is 0.156. The van der Waals surface area contributed by atoms with Gasteiger partial charge in [0, 0.05) is 44.4 Å². The summed E-state index contributed by atoms with van der Waals surface area (Å²) < 4.78 is 1.79. The normalized spacial score (nSPS) is 16.1. The van der Waals surface area contributed by atoms with Crippen LogP contribution in [0, 0.1) is 5.92 Å². The second-order valence-corrected chi connectivity index (χ2v) is 6.91. The van der Waals surface area contributed by atoms with Crippen molar-refractivity contribution in [2.24, 2.45) is 13.0 Å². The highest BCUT2D eigenvalue weighted by molar-refractivity contribution is 5.79. The Kier molecular flexibility index (Phi) is 5.87. The van der Waals surface area contributed by atoms with Crippen molar-refractivity contribution in [1.82, 2.24) is 19.6 Å². The average molecular weight is 340 g/mol. The Morgan fingerprint density at radius 1 is 1.20 bits per heavy atom. The topological polar surface area (TPSA) is 41.4 Å². The highest BCUT2D eigenvalue weighted by Crippen LogP contribution is 2.22. The third kappa shape index (κ3) is 4.69. The average Bonchev–Trinajstić information content (AvgIpc) is 3.05. The molecule has 1 aliphatic heterocycles. The summed E-state index contributed by atoms with van der Waals surface area (Å²) in [6, 6.07) is 10.6. The molecule has 0 atom stereocenters. The molecule has 0 radical (unpaired) electrons. The summed E-state index contributed by atoms with van der Waals surface area (Å²) in [5.74, 6) is 0.453. The number of likely N-dealkylation sites (tertiary alicyclic amines) is 1. The predicted octanol–water partition coefficient (Wildman–Crippen LogP) is 2.68. The van der Waals surface area contributed by atoms with E-state index in [-0.39, 0.29) is 5.92 Å². The zero-order valence-electron chi connectivity index (χ0n) is 15.3. The zero-order valence-corrected chi connectivity index (χ0v) is 15.3. The molecule has 5 heteroatoms. The zero-order chi connectivity index (χ0) is 17.6. The number of hydrogen-bond acceptors (Lipinski definition) is 3. The summed E-state index contributed by atoms with van der Waals surface area (Å²) in [5.41, 5.74) is 2.44. The Hall–Kier alpha value is -2.14. The SMILES string of the molecule is CCN(Cc1cnn(C)c1)C(=O)C1CCN(Cc2ccccc2)CC1. The molecule has 2 heterocycles. The number of rotatable bonds is 6. The first-order valence-corrected chi connectivity index (χ1v) is 9.18. The van der Waals surface area contributed by atoms with Gasteiger partial charge in [0.1, 0.15) is 0 Å². The van der Waals surface area contributed by atoms with Gasteiger partial charge in [-0.2, -0.15) is 5.10 Å². The number of hydrogen-bond donors (Lipinski definition) is 0. The second kappa shape index (κ2) is 8.30. The Bertz CT molecular complexity index is 674. The Balaban J connectivity index is 1.51. The summed E-state index contributed by atoms with van der Waals surface area (Å²) in [4.78, 5) is 17.3. The van der Waals surface area contributed by atoms with Crippen LogP contribution in [0.15, 0.2) is 42.7 Å². The molecule has 5 nitrogen and oxygen atoms in total. The standard InChI is InChI=1S/C20H28N4O/c1-3-24(16-18-13-21-22(2)14-18)20(25)19-9-11-23(12-10-19)15-17-7-5-4-6-8-17/h4-8,13-14,19H,3,9-12,15-16H2,1-2H3. The third-order valence-corrected chi connectivity index (χ3v) is 5.01. The molecule has 1 amide bonds. The maximum absolute atomic E-state index is 12.9. The fourth-order valence-electron chi connectivity index (χ4n) is 3.56. The summed E-state index contributed by atoms with van der Waals surface area (Å²) >= 11 is 0. The lowest BCUT2D eigenvalue weighted by molar-refractivity contribution is -0.137. The van der Waals surface area contributed by atoms with Crippen LogP contribution in [0.2, 0.25) is 0 Å². The number of aromatic nitrogens is 2. The fourth-order valence-corrected chi connectivity index (χ4v) is 3.56. The molecule has 134 valence electrons. The van der Waals surface area contributed by atoms with E-state index in [0.29, 0.717) is 12.5 Å². The van der Waals surface area contributed by atoms with Gasteiger partial charge in [0.15, 0.2) is 0 Å². The van der Waals surface area contributed by atoms with Gasteiger partial charge in [-0.1, -0.05) is 30.3 Å². The first-order chi connectivity index (χ1) is 12.2. The van der Waals surface area contributed by atoms with Crippen molar-refractivity contribution in [2.75, 3.05) is 19.6 Å². The molecule has 0 spiro atoms. The lowest BCUT2D eigenvalue weighted by Gasteiger charge is -2.34. The fraction of sp³-hybridized carbons (Fsp3) is 0.500. The monoisotopic (exact) mass is 340 g/mol. The lowest BCUT2D eigenvalue weighted by Crippen LogP contribution is -2.42. The van der Waals surface area contributed by atoms with E-state index in [0.717, 1.165) is 44.6 Å². The van der Waals surface area contributed by atoms with Gasteiger partial charge < -0.3 is 4.90 Å². The van der Waals surface area contributed by atoms with E-state index < -0.39 is 0 Å². The molecule has 0 bridgehead atoms. The van der Waals surface area contributed by atoms with Gasteiger partial charge in [-0.05, 0) is 38.4 Å². The van der Waals surface area contributed by atoms with Crippen LogP contribution in [0.3, 0.4) is 0 Å². The van der Waals surface area contributed by atoms with Crippen LogP contribution in [-0.4, -0.2) is 45.1 Å². The van der Waals surface area contributed by atoms with Gasteiger partial charge in [-0.15, -0.1) is 0 Å². The number of carbonyl (C=O) groups excluding carboxylic acids is 1. The van der Waals surface area contributed by atoms with Crippen LogP contribution < -0.4 is 0 Å². The number of nitrogens with zero attached hydrogens (tertiary/aromatic N) is 4. The van der Waals surface area contributed by atoms with Crippen molar-refractivity contribution in [1.29, 1.82) is 0 Å². The number of amides is 1. The largest absolute Gasteiger partial charge is 0.338 e. The number of benzene rings is 1. The van der Waals surface area contributed by atoms with Crippen LogP contribution in [-0.2, 0) is 24.9 Å². The van der Waals surface area contributed by atoms with E-state index in [1.54, 1.807) is 4.68 Å². The summed E-state index contributed by atoms with van der Waals surface area (Å²) in [6.45, 7) is 6.44. The smallest absolute Gasteiger partial charge is 0.226 e. The Morgan fingerprint density at radius 2 is 1.92 bits per heavy atom. The highest BCUT2D eigenvalue weighted by atomic mass is 16.2. The van der Waals surface area contributed by atoms with Crippen LogP contribution in [0.5, 0.6) is 0 Å². The van der Waals surface area contributed by atoms with E-state index in [4.69, 9.17) is 0 Å². The minimum atomic E-state index is 0.156. The molecule has 0 unspecified atom stereocenters. The molecule has 1 aromatic heterocycles. The minimum Gasteiger partial charge on any atom is -0.338 e. The van der Waals surface area contributed by atoms with Crippen LogP contribution >= 0.6 is 0 Å². The molecule has 3 rings (SSSR count). The van der Waals surface area contributed by atoms with Crippen molar-refractivity contribution in [2.45, 2.75) is 32.9 Å². The third-order valence-electron chi connectivity index (χ3n) is 5.01. The van der Waals surface area contributed by atoms with E-state index >= 15 is 0 Å². The van der Waals surface area contributed by atoms with Gasteiger partial charge in [0.05, 0.1) is 6.20 Å². The number of carbonyl (C=O) groups is 1. The molecule has 2 aromatic rings. The summed E-state index contributed by atoms with van der Waals surface area (Å²) in [7, 11) is 1.91. The van der Waals surface area contributed by atoms with Crippen molar-refractivity contribution >= 4 is 5.91 Å². The second-order valence-electron chi connectivity index (χ2n) is 6.91. The predicted molar refractivity (Wildman–Crippen MR) is 98.7 cm³/mol. The van der Waals surface area contributed by atoms with Gasteiger partial charge >= 0.3 is 0 Å². The van der Waals surface area contributed by atoms with Crippen LogP contribution in [0.4, 0.5) is 0 Å².